The van der Waals surface area contributed by atoms with Crippen LogP contribution in [0.5, 0.6) is 5.75 Å². The highest BCUT2D eigenvalue weighted by molar-refractivity contribution is 7.15. The number of aryl methyl sites for hydroxylation is 3. The summed E-state index contributed by atoms with van der Waals surface area (Å²) in [5.41, 5.74) is 4.45. The zero-order chi connectivity index (χ0) is 28.8. The monoisotopic (exact) mass is 550 g/mol. The van der Waals surface area contributed by atoms with Gasteiger partial charge in [-0.2, -0.15) is 0 Å². The SMILES string of the molecule is COC(=O)CCc1ccc(OCC(C)c2nc(-c3ccc([B]OC(C)(C)C(C)(C)OC)cc3)sc2C)cc1C. The Labute approximate surface area is 238 Å². The van der Waals surface area contributed by atoms with Crippen LogP contribution < -0.4 is 10.2 Å². The van der Waals surface area contributed by atoms with E-state index in [9.17, 15) is 4.79 Å². The maximum absolute atomic E-state index is 11.4. The van der Waals surface area contributed by atoms with Crippen LogP contribution >= 0.6 is 11.3 Å². The molecule has 1 unspecified atom stereocenters. The van der Waals surface area contributed by atoms with E-state index in [0.717, 1.165) is 38.6 Å². The topological polar surface area (TPSA) is 66.9 Å². The molecule has 1 atom stereocenters. The van der Waals surface area contributed by atoms with Crippen LogP contribution in [0.15, 0.2) is 42.5 Å². The third kappa shape index (κ3) is 7.93. The maximum atomic E-state index is 11.4. The quantitative estimate of drug-likeness (QED) is 0.187. The average molecular weight is 551 g/mol. The number of carbonyl (C=O) groups is 1. The summed E-state index contributed by atoms with van der Waals surface area (Å²) in [4.78, 5) is 17.6. The van der Waals surface area contributed by atoms with Gasteiger partial charge in [-0.15, -0.1) is 11.3 Å². The van der Waals surface area contributed by atoms with E-state index in [0.29, 0.717) is 19.4 Å². The molecule has 6 nitrogen and oxygen atoms in total. The number of ether oxygens (including phenoxy) is 3. The fourth-order valence-electron chi connectivity index (χ4n) is 3.97. The van der Waals surface area contributed by atoms with Crippen molar-refractivity contribution >= 4 is 30.3 Å². The first kappa shape index (κ1) is 30.9. The molecule has 0 aliphatic rings. The molecule has 0 N–H and O–H groups in total. The molecular formula is C31H41BNO5S. The van der Waals surface area contributed by atoms with Gasteiger partial charge in [0, 0.05) is 29.9 Å². The minimum Gasteiger partial charge on any atom is -0.493 e. The molecule has 0 aliphatic carbocycles. The molecule has 39 heavy (non-hydrogen) atoms. The molecule has 3 aromatic rings. The first-order valence-corrected chi connectivity index (χ1v) is 14.1. The summed E-state index contributed by atoms with van der Waals surface area (Å²) in [5.74, 6) is 0.762. The zero-order valence-corrected chi connectivity index (χ0v) is 25.5. The normalized spacial score (nSPS) is 12.7. The van der Waals surface area contributed by atoms with Gasteiger partial charge in [0.2, 0.25) is 0 Å². The number of benzene rings is 2. The summed E-state index contributed by atoms with van der Waals surface area (Å²) in [6.07, 6.45) is 1.03. The van der Waals surface area contributed by atoms with Crippen molar-refractivity contribution in [2.45, 2.75) is 78.4 Å². The van der Waals surface area contributed by atoms with Gasteiger partial charge in [-0.1, -0.05) is 42.7 Å². The molecule has 3 rings (SSSR count). The Bertz CT molecular complexity index is 1250. The van der Waals surface area contributed by atoms with Crippen molar-refractivity contribution in [2.75, 3.05) is 20.8 Å². The van der Waals surface area contributed by atoms with Crippen LogP contribution in [0, 0.1) is 13.8 Å². The van der Waals surface area contributed by atoms with Crippen LogP contribution in [-0.2, 0) is 25.3 Å². The highest BCUT2D eigenvalue weighted by atomic mass is 32.1. The summed E-state index contributed by atoms with van der Waals surface area (Å²) in [6.45, 7) is 14.9. The van der Waals surface area contributed by atoms with Crippen molar-refractivity contribution in [1.82, 2.24) is 4.98 Å². The van der Waals surface area contributed by atoms with Crippen LogP contribution in [0.3, 0.4) is 0 Å². The van der Waals surface area contributed by atoms with E-state index in [1.807, 2.05) is 65.0 Å². The van der Waals surface area contributed by atoms with Crippen molar-refractivity contribution in [1.29, 1.82) is 0 Å². The Hall–Kier alpha value is -2.68. The number of thiazole rings is 1. The van der Waals surface area contributed by atoms with Gasteiger partial charge in [0.1, 0.15) is 10.8 Å². The molecular weight excluding hydrogens is 509 g/mol. The van der Waals surface area contributed by atoms with E-state index in [4.69, 9.17) is 23.8 Å². The van der Waals surface area contributed by atoms with Gasteiger partial charge in [0.25, 0.3) is 0 Å². The molecule has 0 aliphatic heterocycles. The first-order valence-electron chi connectivity index (χ1n) is 13.3. The lowest BCUT2D eigenvalue weighted by molar-refractivity contribution is -0.140. The first-order chi connectivity index (χ1) is 18.4. The summed E-state index contributed by atoms with van der Waals surface area (Å²) in [7, 11) is 4.90. The summed E-state index contributed by atoms with van der Waals surface area (Å²) in [6, 6.07) is 14.3. The minimum absolute atomic E-state index is 0.140. The second-order valence-electron chi connectivity index (χ2n) is 10.9. The van der Waals surface area contributed by atoms with Crippen LogP contribution in [0.2, 0.25) is 0 Å². The van der Waals surface area contributed by atoms with Crippen LogP contribution in [0.25, 0.3) is 10.6 Å². The van der Waals surface area contributed by atoms with Gasteiger partial charge in [-0.05, 0) is 71.2 Å². The number of nitrogens with zero attached hydrogens (tertiary/aromatic N) is 1. The number of hydrogen-bond acceptors (Lipinski definition) is 7. The molecule has 0 spiro atoms. The predicted molar refractivity (Wildman–Crippen MR) is 159 cm³/mol. The highest BCUT2D eigenvalue weighted by Crippen LogP contribution is 2.32. The van der Waals surface area contributed by atoms with Crippen molar-refractivity contribution in [3.8, 4) is 16.3 Å². The molecule has 0 saturated carbocycles. The molecule has 0 saturated heterocycles. The lowest BCUT2D eigenvalue weighted by atomic mass is 9.82. The van der Waals surface area contributed by atoms with E-state index in [1.165, 1.54) is 12.0 Å². The van der Waals surface area contributed by atoms with Gasteiger partial charge < -0.3 is 18.9 Å². The molecule has 0 fully saturated rings. The van der Waals surface area contributed by atoms with E-state index < -0.39 is 11.2 Å². The van der Waals surface area contributed by atoms with Gasteiger partial charge >= 0.3 is 13.5 Å². The van der Waals surface area contributed by atoms with Crippen LogP contribution in [0.4, 0.5) is 0 Å². The van der Waals surface area contributed by atoms with E-state index in [2.05, 4.69) is 26.0 Å². The number of esters is 1. The van der Waals surface area contributed by atoms with Crippen molar-refractivity contribution < 1.29 is 23.7 Å². The molecule has 1 heterocycles. The van der Waals surface area contributed by atoms with Gasteiger partial charge in [0.05, 0.1) is 30.6 Å². The third-order valence-electron chi connectivity index (χ3n) is 7.55. The Kier molecular flexibility index (Phi) is 10.4. The lowest BCUT2D eigenvalue weighted by Gasteiger charge is -2.40. The van der Waals surface area contributed by atoms with Gasteiger partial charge in [0.15, 0.2) is 0 Å². The van der Waals surface area contributed by atoms with Gasteiger partial charge in [-0.3, -0.25) is 4.79 Å². The van der Waals surface area contributed by atoms with Crippen molar-refractivity contribution in [3.63, 3.8) is 0 Å². The summed E-state index contributed by atoms with van der Waals surface area (Å²) in [5, 5.41) is 0.994. The van der Waals surface area contributed by atoms with Crippen molar-refractivity contribution in [3.05, 3.63) is 64.2 Å². The summed E-state index contributed by atoms with van der Waals surface area (Å²) < 4.78 is 22.5. The van der Waals surface area contributed by atoms with Crippen LogP contribution in [-0.4, -0.2) is 50.5 Å². The smallest absolute Gasteiger partial charge is 0.330 e. The Morgan fingerprint density at radius 3 is 2.33 bits per heavy atom. The second kappa shape index (κ2) is 13.1. The van der Waals surface area contributed by atoms with Crippen molar-refractivity contribution in [2.24, 2.45) is 0 Å². The number of carbonyl (C=O) groups excluding carboxylic acids is 1. The minimum atomic E-state index is -0.481. The third-order valence-corrected chi connectivity index (χ3v) is 8.58. The molecule has 1 radical (unpaired) electrons. The zero-order valence-electron chi connectivity index (χ0n) is 24.7. The molecule has 0 amide bonds. The second-order valence-corrected chi connectivity index (χ2v) is 12.1. The maximum Gasteiger partial charge on any atom is 0.330 e. The number of rotatable bonds is 13. The highest BCUT2D eigenvalue weighted by Gasteiger charge is 2.37. The lowest BCUT2D eigenvalue weighted by Crippen LogP contribution is -2.50. The Balaban J connectivity index is 1.60. The number of hydrogen-bond donors (Lipinski definition) is 0. The Morgan fingerprint density at radius 2 is 1.72 bits per heavy atom. The largest absolute Gasteiger partial charge is 0.493 e. The fourth-order valence-corrected chi connectivity index (χ4v) is 5.01. The molecule has 2 aromatic carbocycles. The predicted octanol–water partition coefficient (Wildman–Crippen LogP) is 6.18. The van der Waals surface area contributed by atoms with Crippen LogP contribution in [0.1, 0.15) is 68.7 Å². The van der Waals surface area contributed by atoms with E-state index in [-0.39, 0.29) is 11.9 Å². The summed E-state index contributed by atoms with van der Waals surface area (Å²) >= 11 is 1.70. The Morgan fingerprint density at radius 1 is 1.03 bits per heavy atom. The molecule has 1 aromatic heterocycles. The molecule has 8 heteroatoms. The van der Waals surface area contributed by atoms with E-state index >= 15 is 0 Å². The number of aromatic nitrogens is 1. The fraction of sp³-hybridized carbons (Fsp3) is 0.484. The van der Waals surface area contributed by atoms with Gasteiger partial charge in [-0.25, -0.2) is 4.98 Å². The molecule has 209 valence electrons. The standard InChI is InChI=1S/C31H41BNO5S/c1-20-18-26(16-12-23(20)13-17-27(34)35-8)37-19-21(2)28-22(3)39-29(33-28)24-10-14-25(15-11-24)32-38-31(6,7)30(4,5)36-9/h10-12,14-16,18,21H,13,17,19H2,1-9H3. The average Bonchev–Trinajstić information content (AvgIpc) is 3.31. The number of methoxy groups -OCH3 is 2. The van der Waals surface area contributed by atoms with E-state index in [1.54, 1.807) is 25.9 Å². The molecule has 0 bridgehead atoms.